The highest BCUT2D eigenvalue weighted by atomic mass is 32.2. The van der Waals surface area contributed by atoms with E-state index < -0.39 is 14.9 Å². The van der Waals surface area contributed by atoms with Gasteiger partial charge < -0.3 is 0 Å². The molecule has 0 unspecified atom stereocenters. The van der Waals surface area contributed by atoms with Crippen molar-refractivity contribution in [2.75, 3.05) is 13.1 Å². The number of nitro benzene ring substituents is 1. The van der Waals surface area contributed by atoms with E-state index in [4.69, 9.17) is 0 Å². The van der Waals surface area contributed by atoms with Gasteiger partial charge in [0.1, 0.15) is 0 Å². The van der Waals surface area contributed by atoms with Gasteiger partial charge in [-0.05, 0) is 41.3 Å². The fraction of sp³-hybridized carbons (Fsp3) is 0.227. The van der Waals surface area contributed by atoms with Crippen molar-refractivity contribution < 1.29 is 13.3 Å². The molecule has 4 rings (SSSR count). The Morgan fingerprint density at radius 1 is 1.06 bits per heavy atom. The number of hydrogen-bond donors (Lipinski definition) is 1. The summed E-state index contributed by atoms with van der Waals surface area (Å²) < 4.78 is 28.3. The van der Waals surface area contributed by atoms with E-state index in [1.807, 2.05) is 24.3 Å². The van der Waals surface area contributed by atoms with Gasteiger partial charge in [-0.2, -0.15) is 0 Å². The van der Waals surface area contributed by atoms with Crippen LogP contribution >= 0.6 is 0 Å². The first-order chi connectivity index (χ1) is 14.9. The summed E-state index contributed by atoms with van der Waals surface area (Å²) in [5.74, 6) is 0. The van der Waals surface area contributed by atoms with Gasteiger partial charge in [-0.3, -0.25) is 20.0 Å². The molecular weight excluding hydrogens is 416 g/mol. The lowest BCUT2D eigenvalue weighted by atomic mass is 9.97. The molecular formula is C22H22N4O4S. The molecule has 31 heavy (non-hydrogen) atoms. The molecule has 1 aliphatic rings. The standard InChI is InChI=1S/C22H22N4O4S/c27-26(28)20-7-9-21(10-8-20)31(29,30)24-15-22(18-6-3-12-23-14-18)25-13-11-17-4-1-2-5-19(17)16-25/h1-10,12,14,22,24H,11,13,15-16H2/t22-/m0/s1. The van der Waals surface area contributed by atoms with Crippen molar-refractivity contribution in [1.82, 2.24) is 14.6 Å². The molecule has 0 bridgehead atoms. The third kappa shape index (κ3) is 4.79. The normalized spacial score (nSPS) is 15.2. The quantitative estimate of drug-likeness (QED) is 0.449. The van der Waals surface area contributed by atoms with E-state index in [2.05, 4.69) is 26.7 Å². The van der Waals surface area contributed by atoms with Gasteiger partial charge in [0.05, 0.1) is 15.9 Å². The number of non-ortho nitro benzene ring substituents is 1. The van der Waals surface area contributed by atoms with Crippen molar-refractivity contribution in [2.24, 2.45) is 0 Å². The Morgan fingerprint density at radius 3 is 2.48 bits per heavy atom. The average Bonchev–Trinajstić information content (AvgIpc) is 2.80. The number of fused-ring (bicyclic) bond motifs is 1. The van der Waals surface area contributed by atoms with Crippen molar-refractivity contribution in [3.8, 4) is 0 Å². The summed E-state index contributed by atoms with van der Waals surface area (Å²) in [5, 5.41) is 10.8. The molecule has 0 saturated carbocycles. The summed E-state index contributed by atoms with van der Waals surface area (Å²) in [4.78, 5) is 16.7. The summed E-state index contributed by atoms with van der Waals surface area (Å²) in [6, 6.07) is 16.7. The number of nitrogens with one attached hydrogen (secondary N) is 1. The Kier molecular flexibility index (Phi) is 6.08. The zero-order chi connectivity index (χ0) is 21.8. The van der Waals surface area contributed by atoms with Crippen LogP contribution in [0.5, 0.6) is 0 Å². The molecule has 1 aliphatic heterocycles. The summed E-state index contributed by atoms with van der Waals surface area (Å²) in [5.41, 5.74) is 3.32. The van der Waals surface area contributed by atoms with Crippen LogP contribution in [0.3, 0.4) is 0 Å². The Morgan fingerprint density at radius 2 is 1.81 bits per heavy atom. The third-order valence-electron chi connectivity index (χ3n) is 5.49. The third-order valence-corrected chi connectivity index (χ3v) is 6.93. The van der Waals surface area contributed by atoms with Crippen molar-refractivity contribution in [1.29, 1.82) is 0 Å². The molecule has 8 nitrogen and oxygen atoms in total. The summed E-state index contributed by atoms with van der Waals surface area (Å²) in [6.07, 6.45) is 4.33. The van der Waals surface area contributed by atoms with Crippen LogP contribution in [0.2, 0.25) is 0 Å². The second-order valence-corrected chi connectivity index (χ2v) is 9.16. The summed E-state index contributed by atoms with van der Waals surface area (Å²) in [6.45, 7) is 1.68. The first-order valence-corrected chi connectivity index (χ1v) is 11.4. The monoisotopic (exact) mass is 438 g/mol. The number of sulfonamides is 1. The maximum atomic E-state index is 12.8. The molecule has 9 heteroatoms. The largest absolute Gasteiger partial charge is 0.290 e. The van der Waals surface area contributed by atoms with E-state index in [1.165, 1.54) is 35.4 Å². The number of aromatic nitrogens is 1. The molecule has 0 saturated heterocycles. The van der Waals surface area contributed by atoms with Crippen LogP contribution in [0, 0.1) is 10.1 Å². The average molecular weight is 439 g/mol. The minimum atomic E-state index is -3.82. The van der Waals surface area contributed by atoms with E-state index in [0.717, 1.165) is 25.1 Å². The molecule has 160 valence electrons. The lowest BCUT2D eigenvalue weighted by molar-refractivity contribution is -0.384. The molecule has 0 aliphatic carbocycles. The van der Waals surface area contributed by atoms with Gasteiger partial charge in [0.2, 0.25) is 10.0 Å². The maximum absolute atomic E-state index is 12.8. The van der Waals surface area contributed by atoms with Crippen LogP contribution in [0.25, 0.3) is 0 Å². The molecule has 0 spiro atoms. The SMILES string of the molecule is O=[N+]([O-])c1ccc(S(=O)(=O)NC[C@@H](c2cccnc2)N2CCc3ccccc3C2)cc1. The van der Waals surface area contributed by atoms with Gasteiger partial charge in [0, 0.05) is 44.2 Å². The molecule has 0 fully saturated rings. The molecule has 0 amide bonds. The highest BCUT2D eigenvalue weighted by Crippen LogP contribution is 2.28. The molecule has 1 atom stereocenters. The summed E-state index contributed by atoms with van der Waals surface area (Å²) in [7, 11) is -3.82. The van der Waals surface area contributed by atoms with Gasteiger partial charge in [0.15, 0.2) is 0 Å². The zero-order valence-electron chi connectivity index (χ0n) is 16.7. The molecule has 1 aromatic heterocycles. The minimum Gasteiger partial charge on any atom is -0.290 e. The zero-order valence-corrected chi connectivity index (χ0v) is 17.5. The number of pyridine rings is 1. The number of nitrogens with zero attached hydrogens (tertiary/aromatic N) is 3. The van der Waals surface area contributed by atoms with E-state index in [-0.39, 0.29) is 23.2 Å². The topological polar surface area (TPSA) is 105 Å². The van der Waals surface area contributed by atoms with E-state index >= 15 is 0 Å². The number of hydrogen-bond acceptors (Lipinski definition) is 6. The van der Waals surface area contributed by atoms with Gasteiger partial charge in [-0.1, -0.05) is 30.3 Å². The van der Waals surface area contributed by atoms with Crippen LogP contribution in [-0.4, -0.2) is 36.3 Å². The first kappa shape index (κ1) is 21.1. The van der Waals surface area contributed by atoms with E-state index in [9.17, 15) is 18.5 Å². The number of rotatable bonds is 7. The molecule has 3 aromatic rings. The lowest BCUT2D eigenvalue weighted by Gasteiger charge is -2.35. The van der Waals surface area contributed by atoms with Crippen LogP contribution in [0.4, 0.5) is 5.69 Å². The lowest BCUT2D eigenvalue weighted by Crippen LogP contribution is -2.40. The highest BCUT2D eigenvalue weighted by Gasteiger charge is 2.27. The Balaban J connectivity index is 1.55. The van der Waals surface area contributed by atoms with E-state index in [1.54, 1.807) is 12.4 Å². The molecule has 2 aromatic carbocycles. The summed E-state index contributed by atoms with van der Waals surface area (Å²) >= 11 is 0. The second-order valence-electron chi connectivity index (χ2n) is 7.39. The molecule has 2 heterocycles. The van der Waals surface area contributed by atoms with E-state index in [0.29, 0.717) is 0 Å². The Bertz CT molecular complexity index is 1170. The Hall–Kier alpha value is -3.14. The fourth-order valence-corrected chi connectivity index (χ4v) is 4.87. The minimum absolute atomic E-state index is 0.00738. The van der Waals surface area contributed by atoms with Crippen LogP contribution in [-0.2, 0) is 23.0 Å². The predicted molar refractivity (Wildman–Crippen MR) is 116 cm³/mol. The van der Waals surface area contributed by atoms with Crippen LogP contribution in [0.1, 0.15) is 22.7 Å². The van der Waals surface area contributed by atoms with Crippen molar-refractivity contribution >= 4 is 15.7 Å². The predicted octanol–water partition coefficient (Wildman–Crippen LogP) is 3.07. The smallest absolute Gasteiger partial charge is 0.269 e. The first-order valence-electron chi connectivity index (χ1n) is 9.89. The van der Waals surface area contributed by atoms with Crippen molar-refractivity contribution in [2.45, 2.75) is 23.9 Å². The number of nitro groups is 1. The maximum Gasteiger partial charge on any atom is 0.269 e. The molecule has 0 radical (unpaired) electrons. The molecule has 1 N–H and O–H groups in total. The van der Waals surface area contributed by atoms with Crippen LogP contribution < -0.4 is 4.72 Å². The van der Waals surface area contributed by atoms with Crippen LogP contribution in [0.15, 0.2) is 78.0 Å². The second kappa shape index (κ2) is 8.93. The van der Waals surface area contributed by atoms with Crippen molar-refractivity contribution in [3.05, 3.63) is 99.9 Å². The fourth-order valence-electron chi connectivity index (χ4n) is 3.83. The number of benzene rings is 2. The van der Waals surface area contributed by atoms with Gasteiger partial charge in [-0.15, -0.1) is 0 Å². The highest BCUT2D eigenvalue weighted by molar-refractivity contribution is 7.89. The van der Waals surface area contributed by atoms with Gasteiger partial charge in [0.25, 0.3) is 5.69 Å². The van der Waals surface area contributed by atoms with Gasteiger partial charge >= 0.3 is 0 Å². The van der Waals surface area contributed by atoms with Gasteiger partial charge in [-0.25, -0.2) is 13.1 Å². The Labute approximate surface area is 180 Å². The van der Waals surface area contributed by atoms with Crippen molar-refractivity contribution in [3.63, 3.8) is 0 Å².